The quantitative estimate of drug-likeness (QED) is 0.795. The summed E-state index contributed by atoms with van der Waals surface area (Å²) in [6.45, 7) is 0. The number of aliphatic carboxylic acids is 1. The van der Waals surface area contributed by atoms with E-state index in [1.54, 1.807) is 0 Å². The van der Waals surface area contributed by atoms with Crippen molar-refractivity contribution in [3.63, 3.8) is 0 Å². The number of fused-ring (bicyclic) bond motifs is 1. The standard InChI is InChI=1S/C15H13FN2O4/c16-8-1-2-10-11(6-13(19)18-12(10)5-8)14(20)17-9-3-7(4-9)15(21)22/h1-2,5-7,9H,3-4H2,(H,17,20)(H,18,19)(H,21,22). The van der Waals surface area contributed by atoms with Crippen LogP contribution in [0.3, 0.4) is 0 Å². The maximum absolute atomic E-state index is 13.2. The third-order valence-corrected chi connectivity index (χ3v) is 3.87. The zero-order valence-corrected chi connectivity index (χ0v) is 11.4. The van der Waals surface area contributed by atoms with Crippen molar-refractivity contribution >= 4 is 22.8 Å². The molecule has 1 aliphatic rings. The van der Waals surface area contributed by atoms with Crippen molar-refractivity contribution in [3.05, 3.63) is 46.0 Å². The highest BCUT2D eigenvalue weighted by atomic mass is 19.1. The van der Waals surface area contributed by atoms with Crippen molar-refractivity contribution in [3.8, 4) is 0 Å². The molecule has 0 atom stereocenters. The van der Waals surface area contributed by atoms with E-state index in [0.29, 0.717) is 18.2 Å². The topological polar surface area (TPSA) is 99.3 Å². The molecule has 1 aromatic carbocycles. The summed E-state index contributed by atoms with van der Waals surface area (Å²) < 4.78 is 13.2. The molecule has 3 N–H and O–H groups in total. The number of carbonyl (C=O) groups excluding carboxylic acids is 1. The molecular weight excluding hydrogens is 291 g/mol. The Labute approximate surface area is 124 Å². The first-order valence-electron chi connectivity index (χ1n) is 6.80. The Balaban J connectivity index is 1.85. The zero-order valence-electron chi connectivity index (χ0n) is 11.4. The van der Waals surface area contributed by atoms with Crippen LogP contribution in [0.25, 0.3) is 10.9 Å². The summed E-state index contributed by atoms with van der Waals surface area (Å²) in [5.74, 6) is -2.28. The Kier molecular flexibility index (Phi) is 3.40. The van der Waals surface area contributed by atoms with Crippen LogP contribution in [0, 0.1) is 11.7 Å². The lowest BCUT2D eigenvalue weighted by molar-refractivity contribution is -0.145. The van der Waals surface area contributed by atoms with Gasteiger partial charge in [-0.1, -0.05) is 0 Å². The van der Waals surface area contributed by atoms with Crippen molar-refractivity contribution in [1.82, 2.24) is 10.3 Å². The highest BCUT2D eigenvalue weighted by molar-refractivity contribution is 6.06. The maximum Gasteiger partial charge on any atom is 0.306 e. The van der Waals surface area contributed by atoms with Crippen molar-refractivity contribution in [1.29, 1.82) is 0 Å². The van der Waals surface area contributed by atoms with Gasteiger partial charge in [0.15, 0.2) is 0 Å². The Bertz CT molecular complexity index is 824. The van der Waals surface area contributed by atoms with E-state index in [4.69, 9.17) is 5.11 Å². The lowest BCUT2D eigenvalue weighted by Gasteiger charge is -2.32. The Morgan fingerprint density at radius 2 is 2.00 bits per heavy atom. The number of pyridine rings is 1. The van der Waals surface area contributed by atoms with Crippen molar-refractivity contribution in [2.45, 2.75) is 18.9 Å². The summed E-state index contributed by atoms with van der Waals surface area (Å²) in [6.07, 6.45) is 0.744. The number of hydrogen-bond donors (Lipinski definition) is 3. The molecule has 1 saturated carbocycles. The van der Waals surface area contributed by atoms with Gasteiger partial charge in [-0.25, -0.2) is 4.39 Å². The lowest BCUT2D eigenvalue weighted by atomic mass is 9.80. The average Bonchev–Trinajstić information content (AvgIpc) is 2.40. The van der Waals surface area contributed by atoms with E-state index in [0.717, 1.165) is 12.1 Å². The van der Waals surface area contributed by atoms with Crippen molar-refractivity contribution in [2.75, 3.05) is 0 Å². The maximum atomic E-state index is 13.2. The summed E-state index contributed by atoms with van der Waals surface area (Å²) in [4.78, 5) is 37.1. The molecule has 3 rings (SSSR count). The van der Waals surface area contributed by atoms with E-state index in [9.17, 15) is 18.8 Å². The lowest BCUT2D eigenvalue weighted by Crippen LogP contribution is -2.46. The van der Waals surface area contributed by atoms with Gasteiger partial charge in [-0.2, -0.15) is 0 Å². The van der Waals surface area contributed by atoms with E-state index in [1.165, 1.54) is 12.1 Å². The molecule has 0 bridgehead atoms. The van der Waals surface area contributed by atoms with Gasteiger partial charge in [-0.15, -0.1) is 0 Å². The summed E-state index contributed by atoms with van der Waals surface area (Å²) >= 11 is 0. The number of rotatable bonds is 3. The van der Waals surface area contributed by atoms with Crippen LogP contribution < -0.4 is 10.9 Å². The van der Waals surface area contributed by atoms with Crippen LogP contribution in [0.5, 0.6) is 0 Å². The number of aromatic amines is 1. The molecule has 0 aliphatic heterocycles. The van der Waals surface area contributed by atoms with Crippen LogP contribution in [0.4, 0.5) is 4.39 Å². The van der Waals surface area contributed by atoms with Gasteiger partial charge >= 0.3 is 5.97 Å². The van der Waals surface area contributed by atoms with Gasteiger partial charge in [0.1, 0.15) is 5.82 Å². The Hall–Kier alpha value is -2.70. The third-order valence-electron chi connectivity index (χ3n) is 3.87. The second-order valence-corrected chi connectivity index (χ2v) is 5.41. The summed E-state index contributed by atoms with van der Waals surface area (Å²) in [5, 5.41) is 12.0. The molecule has 114 valence electrons. The predicted octanol–water partition coefficient (Wildman–Crippen LogP) is 1.26. The monoisotopic (exact) mass is 304 g/mol. The van der Waals surface area contributed by atoms with Crippen LogP contribution >= 0.6 is 0 Å². The predicted molar refractivity (Wildman–Crippen MR) is 76.1 cm³/mol. The first-order valence-corrected chi connectivity index (χ1v) is 6.80. The molecule has 7 heteroatoms. The van der Waals surface area contributed by atoms with Crippen LogP contribution in [-0.2, 0) is 4.79 Å². The van der Waals surface area contributed by atoms with Crippen LogP contribution in [0.15, 0.2) is 29.1 Å². The minimum Gasteiger partial charge on any atom is -0.481 e. The first-order chi connectivity index (χ1) is 10.4. The SMILES string of the molecule is O=C(NC1CC(C(=O)O)C1)c1cc(=O)[nH]c2cc(F)ccc12. The van der Waals surface area contributed by atoms with Crippen molar-refractivity contribution in [2.24, 2.45) is 5.92 Å². The molecule has 1 amide bonds. The minimum atomic E-state index is -0.873. The highest BCUT2D eigenvalue weighted by Crippen LogP contribution is 2.28. The average molecular weight is 304 g/mol. The van der Waals surface area contributed by atoms with E-state index in [1.807, 2.05) is 0 Å². The number of aromatic nitrogens is 1. The van der Waals surface area contributed by atoms with Crippen LogP contribution in [0.2, 0.25) is 0 Å². The number of nitrogens with one attached hydrogen (secondary N) is 2. The highest BCUT2D eigenvalue weighted by Gasteiger charge is 2.35. The van der Waals surface area contributed by atoms with Gasteiger partial charge in [-0.05, 0) is 31.0 Å². The van der Waals surface area contributed by atoms with E-state index < -0.39 is 29.2 Å². The van der Waals surface area contributed by atoms with Gasteiger partial charge in [0.25, 0.3) is 5.91 Å². The number of H-pyrrole nitrogens is 1. The number of hydrogen-bond acceptors (Lipinski definition) is 3. The molecule has 1 fully saturated rings. The summed E-state index contributed by atoms with van der Waals surface area (Å²) in [5.41, 5.74) is -0.104. The van der Waals surface area contributed by atoms with Gasteiger partial charge < -0.3 is 15.4 Å². The van der Waals surface area contributed by atoms with Crippen molar-refractivity contribution < 1.29 is 19.1 Å². The molecule has 1 aliphatic carbocycles. The van der Waals surface area contributed by atoms with Gasteiger partial charge in [0.2, 0.25) is 5.56 Å². The number of carbonyl (C=O) groups is 2. The largest absolute Gasteiger partial charge is 0.481 e. The molecule has 1 heterocycles. The fourth-order valence-corrected chi connectivity index (χ4v) is 2.62. The molecule has 0 saturated heterocycles. The molecule has 6 nitrogen and oxygen atoms in total. The van der Waals surface area contributed by atoms with Gasteiger partial charge in [-0.3, -0.25) is 14.4 Å². The van der Waals surface area contributed by atoms with E-state index in [-0.39, 0.29) is 17.1 Å². The Morgan fingerprint density at radius 1 is 1.27 bits per heavy atom. The normalized spacial score (nSPS) is 20.4. The fraction of sp³-hybridized carbons (Fsp3) is 0.267. The van der Waals surface area contributed by atoms with Gasteiger partial charge in [0, 0.05) is 17.5 Å². The molecule has 0 radical (unpaired) electrons. The molecule has 2 aromatic rings. The van der Waals surface area contributed by atoms with Crippen LogP contribution in [-0.4, -0.2) is 28.0 Å². The molecule has 1 aromatic heterocycles. The second-order valence-electron chi connectivity index (χ2n) is 5.41. The summed E-state index contributed by atoms with van der Waals surface area (Å²) in [6, 6.07) is 4.72. The summed E-state index contributed by atoms with van der Waals surface area (Å²) in [7, 11) is 0. The fourth-order valence-electron chi connectivity index (χ4n) is 2.62. The molecule has 0 spiro atoms. The van der Waals surface area contributed by atoms with Crippen LogP contribution in [0.1, 0.15) is 23.2 Å². The smallest absolute Gasteiger partial charge is 0.306 e. The minimum absolute atomic E-state index is 0.150. The number of carboxylic acid groups (broad SMARTS) is 1. The third kappa shape index (κ3) is 2.57. The number of amides is 1. The number of benzene rings is 1. The zero-order chi connectivity index (χ0) is 15.9. The van der Waals surface area contributed by atoms with Gasteiger partial charge in [0.05, 0.1) is 17.0 Å². The molecular formula is C15H13FN2O4. The Morgan fingerprint density at radius 3 is 2.68 bits per heavy atom. The van der Waals surface area contributed by atoms with E-state index >= 15 is 0 Å². The molecule has 0 unspecified atom stereocenters. The number of carboxylic acids is 1. The second kappa shape index (κ2) is 5.25. The first kappa shape index (κ1) is 14.2. The van der Waals surface area contributed by atoms with E-state index in [2.05, 4.69) is 10.3 Å². The molecule has 22 heavy (non-hydrogen) atoms. The number of halogens is 1.